The van der Waals surface area contributed by atoms with Gasteiger partial charge in [0.05, 0.1) is 7.11 Å². The first-order valence-electron chi connectivity index (χ1n) is 7.42. The molecule has 0 amide bonds. The summed E-state index contributed by atoms with van der Waals surface area (Å²) in [6.07, 6.45) is 3.62. The van der Waals surface area contributed by atoms with E-state index in [2.05, 4.69) is 39.0 Å². The highest BCUT2D eigenvalue weighted by Gasteiger charge is 2.48. The normalized spacial score (nSPS) is 32.7. The Hall–Kier alpha value is -1.18. The zero-order valence-corrected chi connectivity index (χ0v) is 12.4. The quantitative estimate of drug-likeness (QED) is 0.785. The molecule has 2 bridgehead atoms. The molecular formula is C17H24O2. The van der Waals surface area contributed by atoms with Gasteiger partial charge in [0.1, 0.15) is 17.1 Å². The molecule has 0 spiro atoms. The first-order valence-corrected chi connectivity index (χ1v) is 7.42. The second kappa shape index (κ2) is 4.43. The third kappa shape index (κ3) is 1.92. The number of fused-ring (bicyclic) bond motifs is 4. The van der Waals surface area contributed by atoms with Gasteiger partial charge >= 0.3 is 0 Å². The second-order valence-corrected chi connectivity index (χ2v) is 6.55. The van der Waals surface area contributed by atoms with E-state index >= 15 is 0 Å². The molecule has 1 saturated carbocycles. The van der Waals surface area contributed by atoms with E-state index in [-0.39, 0.29) is 5.60 Å². The Labute approximate surface area is 116 Å². The average Bonchev–Trinajstić information content (AvgIpc) is 2.42. The summed E-state index contributed by atoms with van der Waals surface area (Å²) in [6, 6.07) is 6.33. The molecule has 2 aliphatic rings. The molecule has 104 valence electrons. The standard InChI is InChI=1S/C17H24O2/c1-11(2)17-8-7-12(3)15(10-17)14-6-5-13(18-4)9-16(14)19-17/h5-6,9,11-12,15H,7-8,10H2,1-4H3/t12-,15-,17-/m0/s1. The van der Waals surface area contributed by atoms with Crippen LogP contribution in [-0.4, -0.2) is 12.7 Å². The van der Waals surface area contributed by atoms with Crippen molar-refractivity contribution in [3.05, 3.63) is 23.8 Å². The van der Waals surface area contributed by atoms with Crippen LogP contribution in [0.3, 0.4) is 0 Å². The number of hydrogen-bond donors (Lipinski definition) is 0. The van der Waals surface area contributed by atoms with Crippen LogP contribution >= 0.6 is 0 Å². The Balaban J connectivity index is 2.07. The van der Waals surface area contributed by atoms with Crippen molar-refractivity contribution >= 4 is 0 Å². The summed E-state index contributed by atoms with van der Waals surface area (Å²) in [6.45, 7) is 6.96. The molecular weight excluding hydrogens is 236 g/mol. The van der Waals surface area contributed by atoms with Crippen molar-refractivity contribution in [2.75, 3.05) is 7.11 Å². The van der Waals surface area contributed by atoms with Gasteiger partial charge in [0.2, 0.25) is 0 Å². The fraction of sp³-hybridized carbons (Fsp3) is 0.647. The minimum Gasteiger partial charge on any atom is -0.497 e. The minimum absolute atomic E-state index is 0.0382. The number of ether oxygens (including phenoxy) is 2. The molecule has 1 aliphatic heterocycles. The van der Waals surface area contributed by atoms with Crippen LogP contribution < -0.4 is 9.47 Å². The van der Waals surface area contributed by atoms with Crippen molar-refractivity contribution in [3.63, 3.8) is 0 Å². The van der Waals surface area contributed by atoms with Gasteiger partial charge in [-0.3, -0.25) is 0 Å². The van der Waals surface area contributed by atoms with Gasteiger partial charge < -0.3 is 9.47 Å². The molecule has 1 fully saturated rings. The largest absolute Gasteiger partial charge is 0.497 e. The van der Waals surface area contributed by atoms with Gasteiger partial charge in [0.15, 0.2) is 0 Å². The molecule has 1 aromatic rings. The Bertz CT molecular complexity index is 480. The fourth-order valence-corrected chi connectivity index (χ4v) is 3.76. The van der Waals surface area contributed by atoms with E-state index in [1.165, 1.54) is 24.8 Å². The van der Waals surface area contributed by atoms with Gasteiger partial charge in [-0.25, -0.2) is 0 Å². The van der Waals surface area contributed by atoms with Crippen LogP contribution in [0, 0.1) is 11.8 Å². The highest BCUT2D eigenvalue weighted by molar-refractivity contribution is 5.45. The highest BCUT2D eigenvalue weighted by atomic mass is 16.5. The molecule has 3 rings (SSSR count). The van der Waals surface area contributed by atoms with E-state index in [0.29, 0.717) is 11.8 Å². The van der Waals surface area contributed by atoms with Crippen LogP contribution in [0.2, 0.25) is 0 Å². The van der Waals surface area contributed by atoms with Crippen LogP contribution in [0.15, 0.2) is 18.2 Å². The van der Waals surface area contributed by atoms with Crippen molar-refractivity contribution in [2.45, 2.75) is 51.6 Å². The molecule has 1 heterocycles. The topological polar surface area (TPSA) is 18.5 Å². The van der Waals surface area contributed by atoms with Crippen LogP contribution in [0.5, 0.6) is 11.5 Å². The summed E-state index contributed by atoms with van der Waals surface area (Å²) in [5, 5.41) is 0. The van der Waals surface area contributed by atoms with Crippen LogP contribution in [0.1, 0.15) is 51.5 Å². The van der Waals surface area contributed by atoms with Gasteiger partial charge in [-0.2, -0.15) is 0 Å². The third-order valence-electron chi connectivity index (χ3n) is 5.26. The first kappa shape index (κ1) is 12.8. The molecule has 19 heavy (non-hydrogen) atoms. The van der Waals surface area contributed by atoms with Crippen molar-refractivity contribution in [1.29, 1.82) is 0 Å². The molecule has 0 N–H and O–H groups in total. The van der Waals surface area contributed by atoms with E-state index < -0.39 is 0 Å². The predicted octanol–water partition coefficient (Wildman–Crippen LogP) is 4.39. The monoisotopic (exact) mass is 260 g/mol. The van der Waals surface area contributed by atoms with Gasteiger partial charge in [0, 0.05) is 6.07 Å². The molecule has 0 saturated heterocycles. The smallest absolute Gasteiger partial charge is 0.127 e. The highest BCUT2D eigenvalue weighted by Crippen LogP contribution is 2.54. The van der Waals surface area contributed by atoms with Crippen molar-refractivity contribution < 1.29 is 9.47 Å². The molecule has 1 aliphatic carbocycles. The lowest BCUT2D eigenvalue weighted by molar-refractivity contribution is -0.0473. The van der Waals surface area contributed by atoms with Gasteiger partial charge in [-0.15, -0.1) is 0 Å². The van der Waals surface area contributed by atoms with Gasteiger partial charge in [-0.05, 0) is 48.6 Å². The summed E-state index contributed by atoms with van der Waals surface area (Å²) in [4.78, 5) is 0. The minimum atomic E-state index is 0.0382. The maximum atomic E-state index is 6.46. The van der Waals surface area contributed by atoms with E-state index in [9.17, 15) is 0 Å². The van der Waals surface area contributed by atoms with Crippen molar-refractivity contribution in [2.24, 2.45) is 11.8 Å². The maximum Gasteiger partial charge on any atom is 0.127 e. The third-order valence-corrected chi connectivity index (χ3v) is 5.26. The number of benzene rings is 1. The zero-order chi connectivity index (χ0) is 13.6. The molecule has 0 unspecified atom stereocenters. The van der Waals surface area contributed by atoms with Crippen molar-refractivity contribution in [3.8, 4) is 11.5 Å². The lowest BCUT2D eigenvalue weighted by atomic mass is 9.64. The van der Waals surface area contributed by atoms with Crippen LogP contribution in [-0.2, 0) is 0 Å². The van der Waals surface area contributed by atoms with E-state index in [1.54, 1.807) is 7.11 Å². The van der Waals surface area contributed by atoms with E-state index in [4.69, 9.17) is 9.47 Å². The summed E-state index contributed by atoms with van der Waals surface area (Å²) in [5.41, 5.74) is 1.42. The molecule has 1 aromatic carbocycles. The molecule has 3 atom stereocenters. The Kier molecular flexibility index (Phi) is 2.99. The number of rotatable bonds is 2. The zero-order valence-electron chi connectivity index (χ0n) is 12.4. The summed E-state index contributed by atoms with van der Waals surface area (Å²) in [7, 11) is 1.71. The van der Waals surface area contributed by atoms with Crippen LogP contribution in [0.4, 0.5) is 0 Å². The van der Waals surface area contributed by atoms with E-state index in [1.807, 2.05) is 0 Å². The molecule has 0 aromatic heterocycles. The lowest BCUT2D eigenvalue weighted by Crippen LogP contribution is -2.49. The molecule has 2 heteroatoms. The summed E-state index contributed by atoms with van der Waals surface area (Å²) >= 11 is 0. The van der Waals surface area contributed by atoms with Gasteiger partial charge in [-0.1, -0.05) is 26.8 Å². The lowest BCUT2D eigenvalue weighted by Gasteiger charge is -2.50. The second-order valence-electron chi connectivity index (χ2n) is 6.55. The molecule has 0 radical (unpaired) electrons. The molecule has 2 nitrogen and oxygen atoms in total. The predicted molar refractivity (Wildman–Crippen MR) is 76.9 cm³/mol. The Morgan fingerprint density at radius 3 is 2.84 bits per heavy atom. The van der Waals surface area contributed by atoms with Crippen LogP contribution in [0.25, 0.3) is 0 Å². The fourth-order valence-electron chi connectivity index (χ4n) is 3.76. The van der Waals surface area contributed by atoms with Gasteiger partial charge in [0.25, 0.3) is 0 Å². The summed E-state index contributed by atoms with van der Waals surface area (Å²) < 4.78 is 11.8. The number of hydrogen-bond acceptors (Lipinski definition) is 2. The Morgan fingerprint density at radius 2 is 2.16 bits per heavy atom. The first-order chi connectivity index (χ1) is 9.05. The summed E-state index contributed by atoms with van der Waals surface area (Å²) in [5.74, 6) is 3.90. The maximum absolute atomic E-state index is 6.46. The average molecular weight is 260 g/mol. The van der Waals surface area contributed by atoms with E-state index in [0.717, 1.165) is 17.4 Å². The Morgan fingerprint density at radius 1 is 1.37 bits per heavy atom. The SMILES string of the molecule is COc1ccc2c(c1)O[C@@]1(C(C)C)CC[C@H](C)[C@@H]2C1. The number of methoxy groups -OCH3 is 1. The van der Waals surface area contributed by atoms with Crippen molar-refractivity contribution in [1.82, 2.24) is 0 Å².